The molecule has 2 rings (SSSR count). The highest BCUT2D eigenvalue weighted by atomic mass is 16.2. The van der Waals surface area contributed by atoms with Crippen molar-refractivity contribution in [1.82, 2.24) is 15.6 Å². The van der Waals surface area contributed by atoms with Gasteiger partial charge in [0.05, 0.1) is 0 Å². The van der Waals surface area contributed by atoms with Crippen molar-refractivity contribution in [3.63, 3.8) is 0 Å². The minimum atomic E-state index is -0.574. The van der Waals surface area contributed by atoms with Crippen LogP contribution in [0.5, 0.6) is 0 Å². The van der Waals surface area contributed by atoms with Gasteiger partial charge in [0.25, 0.3) is 5.91 Å². The summed E-state index contributed by atoms with van der Waals surface area (Å²) in [7, 11) is 0. The molecule has 0 bridgehead atoms. The van der Waals surface area contributed by atoms with Crippen molar-refractivity contribution in [1.29, 1.82) is 0 Å². The van der Waals surface area contributed by atoms with Gasteiger partial charge in [-0.3, -0.25) is 15.1 Å². The third-order valence-corrected chi connectivity index (χ3v) is 1.81. The van der Waals surface area contributed by atoms with Crippen molar-refractivity contribution in [3.8, 4) is 0 Å². The number of hydrogen-bond donors (Lipinski definition) is 2. The van der Waals surface area contributed by atoms with Gasteiger partial charge < -0.3 is 5.32 Å². The highest BCUT2D eigenvalue weighted by Gasteiger charge is 2.30. The molecule has 5 heteroatoms. The van der Waals surface area contributed by atoms with Crippen LogP contribution in [-0.4, -0.2) is 16.9 Å². The molecule has 1 aromatic heterocycles. The molecule has 5 nitrogen and oxygen atoms in total. The number of aromatic nitrogens is 1. The van der Waals surface area contributed by atoms with Crippen LogP contribution in [0.4, 0.5) is 4.79 Å². The Labute approximate surface area is 74.2 Å². The number of carbonyl (C=O) groups is 2. The van der Waals surface area contributed by atoms with Crippen molar-refractivity contribution in [2.24, 2.45) is 0 Å². The third kappa shape index (κ3) is 1.35. The van der Waals surface area contributed by atoms with Crippen LogP contribution in [0.2, 0.25) is 0 Å². The number of nitrogens with zero attached hydrogens (tertiary/aromatic N) is 1. The smallest absolute Gasteiger partial charge is 0.322 e. The number of amides is 3. The van der Waals surface area contributed by atoms with Gasteiger partial charge in [0, 0.05) is 12.4 Å². The van der Waals surface area contributed by atoms with Gasteiger partial charge in [0.1, 0.15) is 6.04 Å². The number of imide groups is 1. The fraction of sp³-hybridized carbons (Fsp3) is 0.125. The molecule has 3 amide bonds. The van der Waals surface area contributed by atoms with Crippen LogP contribution < -0.4 is 10.6 Å². The van der Waals surface area contributed by atoms with E-state index >= 15 is 0 Å². The minimum absolute atomic E-state index is 0.323. The topological polar surface area (TPSA) is 71.1 Å². The van der Waals surface area contributed by atoms with Crippen molar-refractivity contribution in [2.75, 3.05) is 0 Å². The van der Waals surface area contributed by atoms with Gasteiger partial charge in [-0.15, -0.1) is 0 Å². The maximum atomic E-state index is 11.2. The Morgan fingerprint density at radius 1 is 1.23 bits per heavy atom. The van der Waals surface area contributed by atoms with Crippen molar-refractivity contribution >= 4 is 11.9 Å². The Bertz CT molecular complexity index is 350. The van der Waals surface area contributed by atoms with Crippen molar-refractivity contribution < 1.29 is 9.59 Å². The summed E-state index contributed by atoms with van der Waals surface area (Å²) in [4.78, 5) is 25.8. The van der Waals surface area contributed by atoms with E-state index in [2.05, 4.69) is 15.6 Å². The number of pyridine rings is 1. The standard InChI is InChI=1S/C8H7N3O2/c12-7-6(10-8(13)11-7)5-1-3-9-4-2-5/h1-4,6H,(H2,10,11,12,13)/t6-/m0/s1. The molecule has 1 aliphatic rings. The zero-order valence-corrected chi connectivity index (χ0v) is 6.65. The first-order valence-electron chi connectivity index (χ1n) is 3.78. The lowest BCUT2D eigenvalue weighted by molar-refractivity contribution is -0.120. The Kier molecular flexibility index (Phi) is 1.70. The average molecular weight is 177 g/mol. The summed E-state index contributed by atoms with van der Waals surface area (Å²) in [6, 6.07) is 2.36. The number of hydrogen-bond acceptors (Lipinski definition) is 3. The molecule has 0 saturated carbocycles. The minimum Gasteiger partial charge on any atom is -0.322 e. The van der Waals surface area contributed by atoms with E-state index in [1.165, 1.54) is 0 Å². The van der Waals surface area contributed by atoms with Crippen LogP contribution in [0.25, 0.3) is 0 Å². The molecule has 1 saturated heterocycles. The number of nitrogens with one attached hydrogen (secondary N) is 2. The molecule has 0 aromatic carbocycles. The second-order valence-corrected chi connectivity index (χ2v) is 2.68. The Hall–Kier alpha value is -1.91. The average Bonchev–Trinajstić information content (AvgIpc) is 2.47. The van der Waals surface area contributed by atoms with E-state index in [1.54, 1.807) is 24.5 Å². The van der Waals surface area contributed by atoms with Crippen LogP contribution in [0, 0.1) is 0 Å². The largest absolute Gasteiger partial charge is 0.322 e. The van der Waals surface area contributed by atoms with Gasteiger partial charge >= 0.3 is 6.03 Å². The number of urea groups is 1. The first kappa shape index (κ1) is 7.72. The summed E-state index contributed by atoms with van der Waals surface area (Å²) in [5.74, 6) is -0.323. The molecule has 1 aromatic rings. The van der Waals surface area contributed by atoms with Gasteiger partial charge in [-0.1, -0.05) is 0 Å². The lowest BCUT2D eigenvalue weighted by atomic mass is 10.1. The van der Waals surface area contributed by atoms with Crippen LogP contribution >= 0.6 is 0 Å². The predicted molar refractivity (Wildman–Crippen MR) is 43.7 cm³/mol. The molecule has 0 unspecified atom stereocenters. The first-order valence-corrected chi connectivity index (χ1v) is 3.78. The molecule has 0 spiro atoms. The predicted octanol–water partition coefficient (Wildman–Crippen LogP) is -0.0379. The van der Waals surface area contributed by atoms with E-state index < -0.39 is 12.1 Å². The lowest BCUT2D eigenvalue weighted by Gasteiger charge is -2.05. The zero-order valence-electron chi connectivity index (χ0n) is 6.65. The van der Waals surface area contributed by atoms with Gasteiger partial charge in [-0.2, -0.15) is 0 Å². The molecule has 1 fully saturated rings. The summed E-state index contributed by atoms with van der Waals surface area (Å²) >= 11 is 0. The van der Waals surface area contributed by atoms with E-state index in [0.717, 1.165) is 5.56 Å². The fourth-order valence-corrected chi connectivity index (χ4v) is 1.21. The summed E-state index contributed by atoms with van der Waals surface area (Å²) in [6.45, 7) is 0. The summed E-state index contributed by atoms with van der Waals surface area (Å²) < 4.78 is 0. The quantitative estimate of drug-likeness (QED) is 0.591. The van der Waals surface area contributed by atoms with Gasteiger partial charge in [0.2, 0.25) is 0 Å². The van der Waals surface area contributed by atoms with Crippen LogP contribution in [0.1, 0.15) is 11.6 Å². The van der Waals surface area contributed by atoms with E-state index in [4.69, 9.17) is 0 Å². The van der Waals surface area contributed by atoms with Crippen LogP contribution in [0.15, 0.2) is 24.5 Å². The molecular formula is C8H7N3O2. The Morgan fingerprint density at radius 3 is 2.46 bits per heavy atom. The van der Waals surface area contributed by atoms with Gasteiger partial charge in [-0.05, 0) is 17.7 Å². The lowest BCUT2D eigenvalue weighted by Crippen LogP contribution is -2.22. The molecule has 1 aliphatic heterocycles. The van der Waals surface area contributed by atoms with E-state index in [0.29, 0.717) is 0 Å². The Balaban J connectivity index is 2.28. The monoisotopic (exact) mass is 177 g/mol. The molecule has 1 atom stereocenters. The van der Waals surface area contributed by atoms with E-state index in [-0.39, 0.29) is 5.91 Å². The molecule has 0 radical (unpaired) electrons. The second kappa shape index (κ2) is 2.85. The number of carbonyl (C=O) groups excluding carboxylic acids is 2. The van der Waals surface area contributed by atoms with Crippen LogP contribution in [-0.2, 0) is 4.79 Å². The maximum absolute atomic E-state index is 11.2. The second-order valence-electron chi connectivity index (χ2n) is 2.68. The SMILES string of the molecule is O=C1NC(=O)[C@H](c2ccncc2)N1. The molecule has 2 N–H and O–H groups in total. The summed E-state index contributed by atoms with van der Waals surface area (Å²) in [5, 5.41) is 4.65. The molecule has 66 valence electrons. The third-order valence-electron chi connectivity index (χ3n) is 1.81. The summed E-state index contributed by atoms with van der Waals surface area (Å²) in [6.07, 6.45) is 3.15. The molecule has 2 heterocycles. The number of rotatable bonds is 1. The fourth-order valence-electron chi connectivity index (χ4n) is 1.21. The van der Waals surface area contributed by atoms with Gasteiger partial charge in [0.15, 0.2) is 0 Å². The van der Waals surface area contributed by atoms with Crippen molar-refractivity contribution in [3.05, 3.63) is 30.1 Å². The maximum Gasteiger partial charge on any atom is 0.322 e. The highest BCUT2D eigenvalue weighted by Crippen LogP contribution is 2.14. The van der Waals surface area contributed by atoms with Gasteiger partial charge in [-0.25, -0.2) is 4.79 Å². The highest BCUT2D eigenvalue weighted by molar-refractivity contribution is 6.04. The molecule has 13 heavy (non-hydrogen) atoms. The first-order chi connectivity index (χ1) is 6.27. The molecular weight excluding hydrogens is 170 g/mol. The van der Waals surface area contributed by atoms with Crippen molar-refractivity contribution in [2.45, 2.75) is 6.04 Å². The normalized spacial score (nSPS) is 21.1. The molecule has 0 aliphatic carbocycles. The zero-order chi connectivity index (χ0) is 9.26. The van der Waals surface area contributed by atoms with Crippen LogP contribution in [0.3, 0.4) is 0 Å². The van der Waals surface area contributed by atoms with E-state index in [9.17, 15) is 9.59 Å². The Morgan fingerprint density at radius 2 is 1.92 bits per heavy atom. The summed E-state index contributed by atoms with van der Waals surface area (Å²) in [5.41, 5.74) is 0.735. The van der Waals surface area contributed by atoms with E-state index in [1.807, 2.05) is 0 Å².